The van der Waals surface area contributed by atoms with Gasteiger partial charge in [0.1, 0.15) is 0 Å². The summed E-state index contributed by atoms with van der Waals surface area (Å²) in [7, 11) is 1.70. The summed E-state index contributed by atoms with van der Waals surface area (Å²) < 4.78 is 10.1. The average Bonchev–Trinajstić information content (AvgIpc) is 2.31. The maximum Gasteiger partial charge on any atom is 0.0611 e. The second-order valence-electron chi connectivity index (χ2n) is 4.20. The van der Waals surface area contributed by atoms with E-state index in [1.54, 1.807) is 7.11 Å². The van der Waals surface area contributed by atoms with Crippen LogP contribution in [0.25, 0.3) is 0 Å². The van der Waals surface area contributed by atoms with Crippen LogP contribution < -0.4 is 5.32 Å². The van der Waals surface area contributed by atoms with Crippen molar-refractivity contribution in [3.05, 3.63) is 28.8 Å². The first-order valence-corrected chi connectivity index (χ1v) is 7.28. The lowest BCUT2D eigenvalue weighted by molar-refractivity contribution is 0.0455. The Balaban J connectivity index is 1.84. The van der Waals surface area contributed by atoms with Gasteiger partial charge in [-0.05, 0) is 17.7 Å². The fraction of sp³-hybridized carbons (Fsp3) is 0.538. The van der Waals surface area contributed by atoms with E-state index in [0.717, 1.165) is 36.9 Å². The number of thioether (sulfide) groups is 1. The van der Waals surface area contributed by atoms with Gasteiger partial charge in [-0.3, -0.25) is 0 Å². The Bertz CT molecular complexity index is 385. The summed E-state index contributed by atoms with van der Waals surface area (Å²) >= 11 is 8.11. The first-order chi connectivity index (χ1) is 8.79. The number of hydrogen-bond acceptors (Lipinski definition) is 4. The van der Waals surface area contributed by atoms with E-state index in [4.69, 9.17) is 21.1 Å². The standard InChI is InChI=1S/C13H18ClNO2S/c1-16-5-4-15-7-10-2-3-11(6-13(10)14)18-12-8-17-9-12/h2-3,6,12,15H,4-5,7-9H2,1H3. The summed E-state index contributed by atoms with van der Waals surface area (Å²) in [5.41, 5.74) is 1.13. The van der Waals surface area contributed by atoms with E-state index < -0.39 is 0 Å². The molecule has 1 fully saturated rings. The molecule has 3 nitrogen and oxygen atoms in total. The molecule has 1 aliphatic heterocycles. The van der Waals surface area contributed by atoms with E-state index in [1.807, 2.05) is 17.8 Å². The highest BCUT2D eigenvalue weighted by molar-refractivity contribution is 8.00. The van der Waals surface area contributed by atoms with Gasteiger partial charge in [0, 0.05) is 30.1 Å². The minimum absolute atomic E-state index is 0.590. The van der Waals surface area contributed by atoms with Gasteiger partial charge in [0.25, 0.3) is 0 Å². The van der Waals surface area contributed by atoms with Gasteiger partial charge >= 0.3 is 0 Å². The minimum Gasteiger partial charge on any atom is -0.383 e. The topological polar surface area (TPSA) is 30.5 Å². The molecule has 1 saturated heterocycles. The molecule has 0 aliphatic carbocycles. The Morgan fingerprint density at radius 2 is 2.33 bits per heavy atom. The van der Waals surface area contributed by atoms with Crippen molar-refractivity contribution < 1.29 is 9.47 Å². The van der Waals surface area contributed by atoms with Crippen LogP contribution in [-0.2, 0) is 16.0 Å². The van der Waals surface area contributed by atoms with Crippen molar-refractivity contribution in [2.24, 2.45) is 0 Å². The monoisotopic (exact) mass is 287 g/mol. The lowest BCUT2D eigenvalue weighted by Crippen LogP contribution is -2.30. The van der Waals surface area contributed by atoms with Gasteiger partial charge in [-0.1, -0.05) is 17.7 Å². The van der Waals surface area contributed by atoms with E-state index in [2.05, 4.69) is 17.4 Å². The van der Waals surface area contributed by atoms with Gasteiger partial charge in [-0.25, -0.2) is 0 Å². The van der Waals surface area contributed by atoms with Crippen LogP contribution in [0.3, 0.4) is 0 Å². The lowest BCUT2D eigenvalue weighted by Gasteiger charge is -2.25. The Hall–Kier alpha value is -0.260. The van der Waals surface area contributed by atoms with Gasteiger partial charge in [-0.15, -0.1) is 11.8 Å². The van der Waals surface area contributed by atoms with Crippen LogP contribution in [0.4, 0.5) is 0 Å². The smallest absolute Gasteiger partial charge is 0.0611 e. The SMILES string of the molecule is COCCNCc1ccc(SC2COC2)cc1Cl. The van der Waals surface area contributed by atoms with Crippen LogP contribution in [0.2, 0.25) is 5.02 Å². The van der Waals surface area contributed by atoms with E-state index in [9.17, 15) is 0 Å². The summed E-state index contributed by atoms with van der Waals surface area (Å²) in [6.07, 6.45) is 0. The van der Waals surface area contributed by atoms with E-state index in [0.29, 0.717) is 11.9 Å². The fourth-order valence-corrected chi connectivity index (χ4v) is 2.97. The molecule has 0 amide bonds. The number of rotatable bonds is 7. The van der Waals surface area contributed by atoms with Gasteiger partial charge in [-0.2, -0.15) is 0 Å². The number of halogens is 1. The summed E-state index contributed by atoms with van der Waals surface area (Å²) in [4.78, 5) is 1.22. The molecule has 1 aromatic rings. The number of methoxy groups -OCH3 is 1. The van der Waals surface area contributed by atoms with Crippen molar-refractivity contribution in [2.75, 3.05) is 33.5 Å². The van der Waals surface area contributed by atoms with Crippen molar-refractivity contribution in [1.29, 1.82) is 0 Å². The maximum atomic E-state index is 6.27. The molecule has 100 valence electrons. The van der Waals surface area contributed by atoms with Crippen LogP contribution in [0.5, 0.6) is 0 Å². The van der Waals surface area contributed by atoms with Crippen molar-refractivity contribution in [3.8, 4) is 0 Å². The number of benzene rings is 1. The number of hydrogen-bond donors (Lipinski definition) is 1. The largest absolute Gasteiger partial charge is 0.383 e. The highest BCUT2D eigenvalue weighted by Gasteiger charge is 2.19. The molecule has 0 aromatic heterocycles. The van der Waals surface area contributed by atoms with Crippen LogP contribution in [0.1, 0.15) is 5.56 Å². The zero-order valence-corrected chi connectivity index (χ0v) is 12.0. The third kappa shape index (κ3) is 4.14. The molecule has 1 aromatic carbocycles. The van der Waals surface area contributed by atoms with Crippen molar-refractivity contribution >= 4 is 23.4 Å². The molecule has 1 aliphatic rings. The number of ether oxygens (including phenoxy) is 2. The van der Waals surface area contributed by atoms with Crippen LogP contribution in [0, 0.1) is 0 Å². The normalized spacial score (nSPS) is 15.7. The molecular formula is C13H18ClNO2S. The Labute approximate surface area is 117 Å². The molecule has 0 spiro atoms. The predicted octanol–water partition coefficient (Wildman–Crippen LogP) is 2.57. The molecule has 18 heavy (non-hydrogen) atoms. The Kier molecular flexibility index (Phi) is 5.79. The average molecular weight is 288 g/mol. The molecule has 0 atom stereocenters. The second kappa shape index (κ2) is 7.36. The molecule has 1 N–H and O–H groups in total. The summed E-state index contributed by atoms with van der Waals surface area (Å²) in [5.74, 6) is 0. The second-order valence-corrected chi connectivity index (χ2v) is 5.98. The first-order valence-electron chi connectivity index (χ1n) is 6.02. The summed E-state index contributed by atoms with van der Waals surface area (Å²) in [6.45, 7) is 4.03. The van der Waals surface area contributed by atoms with Crippen LogP contribution in [-0.4, -0.2) is 38.7 Å². The summed E-state index contributed by atoms with van der Waals surface area (Å²) in [5, 5.41) is 4.70. The predicted molar refractivity (Wildman–Crippen MR) is 75.5 cm³/mol. The Morgan fingerprint density at radius 3 is 2.94 bits per heavy atom. The van der Waals surface area contributed by atoms with Crippen LogP contribution >= 0.6 is 23.4 Å². The fourth-order valence-electron chi connectivity index (χ4n) is 1.62. The first kappa shape index (κ1) is 14.2. The van der Waals surface area contributed by atoms with Crippen LogP contribution in [0.15, 0.2) is 23.1 Å². The van der Waals surface area contributed by atoms with Crippen molar-refractivity contribution in [2.45, 2.75) is 16.7 Å². The highest BCUT2D eigenvalue weighted by Crippen LogP contribution is 2.30. The molecule has 0 saturated carbocycles. The van der Waals surface area contributed by atoms with E-state index in [1.165, 1.54) is 4.90 Å². The maximum absolute atomic E-state index is 6.27. The molecule has 5 heteroatoms. The number of nitrogens with one attached hydrogen (secondary N) is 1. The van der Waals surface area contributed by atoms with Gasteiger partial charge in [0.2, 0.25) is 0 Å². The zero-order valence-electron chi connectivity index (χ0n) is 10.4. The molecular weight excluding hydrogens is 270 g/mol. The molecule has 0 radical (unpaired) electrons. The molecule has 0 unspecified atom stereocenters. The highest BCUT2D eigenvalue weighted by atomic mass is 35.5. The van der Waals surface area contributed by atoms with E-state index in [-0.39, 0.29) is 0 Å². The Morgan fingerprint density at radius 1 is 1.50 bits per heavy atom. The van der Waals surface area contributed by atoms with Gasteiger partial charge < -0.3 is 14.8 Å². The van der Waals surface area contributed by atoms with Crippen molar-refractivity contribution in [3.63, 3.8) is 0 Å². The minimum atomic E-state index is 0.590. The quantitative estimate of drug-likeness (QED) is 0.781. The van der Waals surface area contributed by atoms with Gasteiger partial charge in [0.05, 0.1) is 25.1 Å². The van der Waals surface area contributed by atoms with Gasteiger partial charge in [0.15, 0.2) is 0 Å². The van der Waals surface area contributed by atoms with E-state index >= 15 is 0 Å². The molecule has 2 rings (SSSR count). The zero-order chi connectivity index (χ0) is 12.8. The molecule has 0 bridgehead atoms. The molecule has 1 heterocycles. The van der Waals surface area contributed by atoms with Crippen molar-refractivity contribution in [1.82, 2.24) is 5.32 Å². The lowest BCUT2D eigenvalue weighted by atomic mass is 10.2. The third-order valence-corrected chi connectivity index (χ3v) is 4.22. The third-order valence-electron chi connectivity index (χ3n) is 2.73. The summed E-state index contributed by atoms with van der Waals surface area (Å²) in [6, 6.07) is 6.25.